The Hall–Kier alpha value is -2.35. The highest BCUT2D eigenvalue weighted by atomic mass is 19.3. The maximum atomic E-state index is 11.8. The zero-order valence-electron chi connectivity index (χ0n) is 11.0. The summed E-state index contributed by atoms with van der Waals surface area (Å²) < 4.78 is 28.2. The number of amides is 1. The molecule has 0 atom stereocenters. The molecule has 0 unspecified atom stereocenters. The lowest BCUT2D eigenvalue weighted by atomic mass is 10.3. The van der Waals surface area contributed by atoms with E-state index in [-0.39, 0.29) is 18.8 Å². The quantitative estimate of drug-likeness (QED) is 0.564. The van der Waals surface area contributed by atoms with Crippen molar-refractivity contribution in [3.05, 3.63) is 30.0 Å². The van der Waals surface area contributed by atoms with Crippen LogP contribution < -0.4 is 5.32 Å². The van der Waals surface area contributed by atoms with E-state index in [0.29, 0.717) is 5.69 Å². The lowest BCUT2D eigenvalue weighted by Gasteiger charge is -2.06. The Bertz CT molecular complexity index is 521. The predicted molar refractivity (Wildman–Crippen MR) is 71.0 cm³/mol. The standard InChI is InChI=1S/C13H14F2N2O4/c14-10(15)8-21-7-6-12(18)17-11-3-1-2-9(16-11)4-5-13(19)20/h1-5,10H,6-8H2,(H,19,20)(H,16,17,18)/b5-4+. The summed E-state index contributed by atoms with van der Waals surface area (Å²) in [7, 11) is 0. The van der Waals surface area contributed by atoms with Gasteiger partial charge in [-0.15, -0.1) is 0 Å². The number of hydrogen-bond donors (Lipinski definition) is 2. The third-order valence-electron chi connectivity index (χ3n) is 2.15. The number of pyridine rings is 1. The summed E-state index contributed by atoms with van der Waals surface area (Å²) in [4.78, 5) is 25.9. The van der Waals surface area contributed by atoms with Crippen molar-refractivity contribution < 1.29 is 28.2 Å². The predicted octanol–water partition coefficient (Wildman–Crippen LogP) is 1.79. The van der Waals surface area contributed by atoms with Crippen molar-refractivity contribution in [1.29, 1.82) is 0 Å². The number of nitrogens with zero attached hydrogens (tertiary/aromatic N) is 1. The minimum Gasteiger partial charge on any atom is -0.478 e. The molecule has 0 saturated carbocycles. The zero-order valence-corrected chi connectivity index (χ0v) is 11.0. The molecule has 1 aromatic heterocycles. The highest BCUT2D eigenvalue weighted by Gasteiger charge is 2.06. The zero-order chi connectivity index (χ0) is 15.7. The van der Waals surface area contributed by atoms with E-state index >= 15 is 0 Å². The van der Waals surface area contributed by atoms with Gasteiger partial charge >= 0.3 is 5.97 Å². The van der Waals surface area contributed by atoms with Crippen molar-refractivity contribution >= 4 is 23.8 Å². The number of nitrogens with one attached hydrogen (secondary N) is 1. The van der Waals surface area contributed by atoms with Gasteiger partial charge in [0.15, 0.2) is 0 Å². The lowest BCUT2D eigenvalue weighted by Crippen LogP contribution is -2.16. The van der Waals surface area contributed by atoms with Crippen LogP contribution in [0.5, 0.6) is 0 Å². The molecular weight excluding hydrogens is 286 g/mol. The molecule has 1 amide bonds. The van der Waals surface area contributed by atoms with Gasteiger partial charge in [-0.1, -0.05) is 6.07 Å². The Kier molecular flexibility index (Phi) is 6.96. The molecule has 1 rings (SSSR count). The minimum atomic E-state index is -2.56. The summed E-state index contributed by atoms with van der Waals surface area (Å²) in [6.45, 7) is -0.824. The van der Waals surface area contributed by atoms with Crippen LogP contribution in [0.1, 0.15) is 12.1 Å². The van der Waals surface area contributed by atoms with Gasteiger partial charge in [-0.05, 0) is 18.2 Å². The van der Waals surface area contributed by atoms with Gasteiger partial charge < -0.3 is 15.2 Å². The summed E-state index contributed by atoms with van der Waals surface area (Å²) in [6, 6.07) is 4.69. The Morgan fingerprint density at radius 3 is 2.86 bits per heavy atom. The average Bonchev–Trinajstić information content (AvgIpc) is 2.41. The SMILES string of the molecule is O=C(O)/C=C/c1cccc(NC(=O)CCOCC(F)F)n1. The Balaban J connectivity index is 2.45. The summed E-state index contributed by atoms with van der Waals surface area (Å²) in [5.41, 5.74) is 0.365. The minimum absolute atomic E-state index is 0.0798. The molecule has 21 heavy (non-hydrogen) atoms. The Morgan fingerprint density at radius 1 is 1.43 bits per heavy atom. The molecule has 8 heteroatoms. The number of rotatable bonds is 8. The van der Waals surface area contributed by atoms with E-state index in [1.807, 2.05) is 0 Å². The molecule has 0 saturated heterocycles. The molecule has 0 aliphatic heterocycles. The summed E-state index contributed by atoms with van der Waals surface area (Å²) in [5, 5.41) is 11.0. The van der Waals surface area contributed by atoms with Crippen molar-refractivity contribution in [3.8, 4) is 0 Å². The fraction of sp³-hybridized carbons (Fsp3) is 0.308. The number of aliphatic carboxylic acids is 1. The number of carboxylic acids is 1. The third-order valence-corrected chi connectivity index (χ3v) is 2.15. The normalized spacial score (nSPS) is 11.0. The van der Waals surface area contributed by atoms with Crippen molar-refractivity contribution in [2.75, 3.05) is 18.5 Å². The topological polar surface area (TPSA) is 88.5 Å². The van der Waals surface area contributed by atoms with Crippen LogP contribution in [0.2, 0.25) is 0 Å². The number of anilines is 1. The van der Waals surface area contributed by atoms with Gasteiger partial charge in [-0.25, -0.2) is 18.6 Å². The van der Waals surface area contributed by atoms with Crippen LogP contribution in [0.25, 0.3) is 6.08 Å². The Labute approximate surface area is 119 Å². The van der Waals surface area contributed by atoms with E-state index in [1.165, 1.54) is 12.1 Å². The molecule has 0 aliphatic carbocycles. The number of hydrogen-bond acceptors (Lipinski definition) is 4. The molecular formula is C13H14F2N2O4. The molecule has 114 valence electrons. The van der Waals surface area contributed by atoms with Crippen molar-refractivity contribution in [2.24, 2.45) is 0 Å². The maximum Gasteiger partial charge on any atom is 0.328 e. The van der Waals surface area contributed by atoms with Crippen LogP contribution in [0.15, 0.2) is 24.3 Å². The number of carboxylic acid groups (broad SMARTS) is 1. The van der Waals surface area contributed by atoms with Gasteiger partial charge in [-0.2, -0.15) is 0 Å². The highest BCUT2D eigenvalue weighted by molar-refractivity contribution is 5.90. The summed E-state index contributed by atoms with van der Waals surface area (Å²) in [5.74, 6) is -1.31. The van der Waals surface area contributed by atoms with Crippen molar-refractivity contribution in [3.63, 3.8) is 0 Å². The van der Waals surface area contributed by atoms with Crippen LogP contribution in [0, 0.1) is 0 Å². The third kappa shape index (κ3) is 7.73. The second kappa shape index (κ2) is 8.75. The maximum absolute atomic E-state index is 11.8. The molecule has 1 heterocycles. The fourth-order valence-electron chi connectivity index (χ4n) is 1.31. The van der Waals surface area contributed by atoms with E-state index in [4.69, 9.17) is 5.11 Å². The number of ether oxygens (including phenoxy) is 1. The molecule has 2 N–H and O–H groups in total. The summed E-state index contributed by atoms with van der Waals surface area (Å²) in [6.07, 6.45) is -0.438. The number of halogens is 2. The van der Waals surface area contributed by atoms with E-state index in [2.05, 4.69) is 15.0 Å². The van der Waals surface area contributed by atoms with Gasteiger partial charge in [-0.3, -0.25) is 4.79 Å². The smallest absolute Gasteiger partial charge is 0.328 e. The second-order valence-corrected chi connectivity index (χ2v) is 3.88. The number of carbonyl (C=O) groups excluding carboxylic acids is 1. The average molecular weight is 300 g/mol. The Morgan fingerprint density at radius 2 is 2.19 bits per heavy atom. The van der Waals surface area contributed by atoms with Crippen LogP contribution in [-0.4, -0.2) is 41.6 Å². The monoisotopic (exact) mass is 300 g/mol. The van der Waals surface area contributed by atoms with E-state index in [0.717, 1.165) is 6.08 Å². The van der Waals surface area contributed by atoms with Crippen LogP contribution in [0.3, 0.4) is 0 Å². The van der Waals surface area contributed by atoms with Gasteiger partial charge in [0.05, 0.1) is 18.7 Å². The number of alkyl halides is 2. The van der Waals surface area contributed by atoms with Gasteiger partial charge in [0, 0.05) is 6.08 Å². The molecule has 6 nitrogen and oxygen atoms in total. The van der Waals surface area contributed by atoms with Gasteiger partial charge in [0.25, 0.3) is 6.43 Å². The lowest BCUT2D eigenvalue weighted by molar-refractivity contribution is -0.131. The van der Waals surface area contributed by atoms with Crippen molar-refractivity contribution in [2.45, 2.75) is 12.8 Å². The van der Waals surface area contributed by atoms with E-state index in [1.54, 1.807) is 12.1 Å². The molecule has 0 aromatic carbocycles. The summed E-state index contributed by atoms with van der Waals surface area (Å²) >= 11 is 0. The highest BCUT2D eigenvalue weighted by Crippen LogP contribution is 2.07. The first kappa shape index (κ1) is 16.7. The van der Waals surface area contributed by atoms with E-state index in [9.17, 15) is 18.4 Å². The van der Waals surface area contributed by atoms with Crippen LogP contribution in [-0.2, 0) is 14.3 Å². The number of carbonyl (C=O) groups is 2. The molecule has 0 radical (unpaired) electrons. The molecule has 0 fully saturated rings. The van der Waals surface area contributed by atoms with Crippen LogP contribution in [0.4, 0.5) is 14.6 Å². The molecule has 0 bridgehead atoms. The van der Waals surface area contributed by atoms with E-state index < -0.39 is 24.9 Å². The first-order valence-corrected chi connectivity index (χ1v) is 6.01. The molecule has 1 aromatic rings. The van der Waals surface area contributed by atoms with Gasteiger partial charge in [0.1, 0.15) is 12.4 Å². The first-order chi connectivity index (χ1) is 9.97. The molecule has 0 aliphatic rings. The first-order valence-electron chi connectivity index (χ1n) is 6.01. The molecule has 0 spiro atoms. The van der Waals surface area contributed by atoms with Crippen molar-refractivity contribution in [1.82, 2.24) is 4.98 Å². The van der Waals surface area contributed by atoms with Gasteiger partial charge in [0.2, 0.25) is 5.91 Å². The van der Waals surface area contributed by atoms with Crippen LogP contribution >= 0.6 is 0 Å². The number of aromatic nitrogens is 1. The fourth-order valence-corrected chi connectivity index (χ4v) is 1.31. The second-order valence-electron chi connectivity index (χ2n) is 3.88. The largest absolute Gasteiger partial charge is 0.478 e.